The summed E-state index contributed by atoms with van der Waals surface area (Å²) in [5.74, 6) is 1.04. The molecule has 144 valence electrons. The van der Waals surface area contributed by atoms with E-state index in [-0.39, 0.29) is 11.9 Å². The number of amides is 1. The lowest BCUT2D eigenvalue weighted by molar-refractivity contribution is -0.120. The third-order valence-electron chi connectivity index (χ3n) is 5.45. The molecule has 4 nitrogen and oxygen atoms in total. The van der Waals surface area contributed by atoms with E-state index < -0.39 is 0 Å². The molecule has 1 aliphatic heterocycles. The van der Waals surface area contributed by atoms with E-state index in [0.29, 0.717) is 13.0 Å². The van der Waals surface area contributed by atoms with E-state index in [0.717, 1.165) is 29.7 Å². The third kappa shape index (κ3) is 3.87. The summed E-state index contributed by atoms with van der Waals surface area (Å²) in [6.45, 7) is 1.34. The van der Waals surface area contributed by atoms with Crippen molar-refractivity contribution in [2.24, 2.45) is 0 Å². The van der Waals surface area contributed by atoms with Gasteiger partial charge in [-0.3, -0.25) is 4.79 Å². The quantitative estimate of drug-likeness (QED) is 0.715. The Hall–Kier alpha value is -2.85. The van der Waals surface area contributed by atoms with Gasteiger partial charge in [0.2, 0.25) is 5.91 Å². The van der Waals surface area contributed by atoms with Crippen LogP contribution in [-0.2, 0) is 17.6 Å². The zero-order chi connectivity index (χ0) is 19.5. The van der Waals surface area contributed by atoms with Crippen LogP contribution in [0.3, 0.4) is 0 Å². The Morgan fingerprint density at radius 1 is 1.11 bits per heavy atom. The van der Waals surface area contributed by atoms with E-state index in [1.165, 1.54) is 16.5 Å². The monoisotopic (exact) mass is 374 g/mol. The first-order valence-electron chi connectivity index (χ1n) is 9.77. The van der Waals surface area contributed by atoms with Gasteiger partial charge in [0.25, 0.3) is 0 Å². The van der Waals surface area contributed by atoms with E-state index in [2.05, 4.69) is 40.5 Å². The van der Waals surface area contributed by atoms with Crippen molar-refractivity contribution in [3.05, 3.63) is 77.4 Å². The highest BCUT2D eigenvalue weighted by Crippen LogP contribution is 2.29. The number of likely N-dealkylation sites (N-methyl/N-ethyl adjacent to an activating group) is 1. The summed E-state index contributed by atoms with van der Waals surface area (Å²) < 4.78 is 5.61. The SMILES string of the molecule is CN(C)C(CNC(=O)Cc1cccc2ccccc12)c1ccc2c(c1)CCO2. The average molecular weight is 374 g/mol. The average Bonchev–Trinajstić information content (AvgIpc) is 3.16. The molecule has 1 atom stereocenters. The minimum atomic E-state index is 0.0488. The topological polar surface area (TPSA) is 41.6 Å². The first-order valence-corrected chi connectivity index (χ1v) is 9.77. The molecule has 1 amide bonds. The van der Waals surface area contributed by atoms with Crippen molar-refractivity contribution in [3.63, 3.8) is 0 Å². The van der Waals surface area contributed by atoms with Gasteiger partial charge in [0.05, 0.1) is 19.1 Å². The smallest absolute Gasteiger partial charge is 0.224 e. The zero-order valence-corrected chi connectivity index (χ0v) is 16.4. The number of fused-ring (bicyclic) bond motifs is 2. The number of nitrogens with one attached hydrogen (secondary N) is 1. The lowest BCUT2D eigenvalue weighted by atomic mass is 10.0. The van der Waals surface area contributed by atoms with Gasteiger partial charge in [-0.25, -0.2) is 0 Å². The number of nitrogens with zero attached hydrogens (tertiary/aromatic N) is 1. The number of carbonyl (C=O) groups is 1. The fourth-order valence-corrected chi connectivity index (χ4v) is 3.90. The van der Waals surface area contributed by atoms with E-state index in [9.17, 15) is 4.79 Å². The van der Waals surface area contributed by atoms with Gasteiger partial charge < -0.3 is 15.0 Å². The van der Waals surface area contributed by atoms with Crippen LogP contribution in [0.25, 0.3) is 10.8 Å². The number of hydrogen-bond donors (Lipinski definition) is 1. The predicted molar refractivity (Wildman–Crippen MR) is 113 cm³/mol. The standard InChI is InChI=1S/C24H26N2O2/c1-26(2)22(19-10-11-23-20(14-19)12-13-28-23)16-25-24(27)15-18-8-5-7-17-6-3-4-9-21(17)18/h3-11,14,22H,12-13,15-16H2,1-2H3,(H,25,27). The predicted octanol–water partition coefficient (Wildman–Crippen LogP) is 3.74. The molecule has 1 aliphatic rings. The van der Waals surface area contributed by atoms with Crippen molar-refractivity contribution < 1.29 is 9.53 Å². The van der Waals surface area contributed by atoms with E-state index in [1.54, 1.807) is 0 Å². The van der Waals surface area contributed by atoms with E-state index in [1.807, 2.05) is 44.4 Å². The highest BCUT2D eigenvalue weighted by molar-refractivity contribution is 5.90. The van der Waals surface area contributed by atoms with Crippen molar-refractivity contribution in [2.45, 2.75) is 18.9 Å². The minimum absolute atomic E-state index is 0.0488. The molecule has 1 N–H and O–H groups in total. The lowest BCUT2D eigenvalue weighted by Gasteiger charge is -2.25. The Morgan fingerprint density at radius 2 is 1.93 bits per heavy atom. The molecule has 0 aliphatic carbocycles. The summed E-state index contributed by atoms with van der Waals surface area (Å²) in [4.78, 5) is 14.8. The molecule has 0 fully saturated rings. The molecule has 0 spiro atoms. The molecular weight excluding hydrogens is 348 g/mol. The van der Waals surface area contributed by atoms with Gasteiger partial charge in [0, 0.05) is 13.0 Å². The number of rotatable bonds is 6. The number of carbonyl (C=O) groups excluding carboxylic acids is 1. The zero-order valence-electron chi connectivity index (χ0n) is 16.4. The highest BCUT2D eigenvalue weighted by atomic mass is 16.5. The Morgan fingerprint density at radius 3 is 2.79 bits per heavy atom. The Bertz CT molecular complexity index is 992. The molecule has 1 heterocycles. The van der Waals surface area contributed by atoms with Gasteiger partial charge in [0.1, 0.15) is 5.75 Å². The van der Waals surface area contributed by atoms with Crippen molar-refractivity contribution in [3.8, 4) is 5.75 Å². The Balaban J connectivity index is 1.45. The van der Waals surface area contributed by atoms with Gasteiger partial charge in [-0.1, -0.05) is 54.6 Å². The van der Waals surface area contributed by atoms with E-state index in [4.69, 9.17) is 4.74 Å². The number of benzene rings is 3. The molecule has 0 saturated heterocycles. The Kier molecular flexibility index (Phi) is 5.31. The van der Waals surface area contributed by atoms with Gasteiger partial charge in [-0.2, -0.15) is 0 Å². The van der Waals surface area contributed by atoms with Gasteiger partial charge in [0.15, 0.2) is 0 Å². The highest BCUT2D eigenvalue weighted by Gasteiger charge is 2.19. The summed E-state index contributed by atoms with van der Waals surface area (Å²) in [5.41, 5.74) is 3.53. The molecule has 28 heavy (non-hydrogen) atoms. The van der Waals surface area contributed by atoms with Gasteiger partial charge >= 0.3 is 0 Å². The second-order valence-electron chi connectivity index (χ2n) is 7.56. The summed E-state index contributed by atoms with van der Waals surface area (Å²) in [6, 6.07) is 20.8. The van der Waals surface area contributed by atoms with Crippen LogP contribution in [0.5, 0.6) is 5.75 Å². The first kappa shape index (κ1) is 18.5. The minimum Gasteiger partial charge on any atom is -0.493 e. The summed E-state index contributed by atoms with van der Waals surface area (Å²) >= 11 is 0. The maximum Gasteiger partial charge on any atom is 0.224 e. The van der Waals surface area contributed by atoms with Crippen LogP contribution >= 0.6 is 0 Å². The van der Waals surface area contributed by atoms with Crippen LogP contribution in [-0.4, -0.2) is 38.1 Å². The fourth-order valence-electron chi connectivity index (χ4n) is 3.90. The fraction of sp³-hybridized carbons (Fsp3) is 0.292. The largest absolute Gasteiger partial charge is 0.493 e. The second kappa shape index (κ2) is 8.03. The number of hydrogen-bond acceptors (Lipinski definition) is 3. The molecule has 1 unspecified atom stereocenters. The molecular formula is C24H26N2O2. The molecule has 0 bridgehead atoms. The van der Waals surface area contributed by atoms with Crippen LogP contribution in [0, 0.1) is 0 Å². The maximum atomic E-state index is 12.7. The van der Waals surface area contributed by atoms with Crippen molar-refractivity contribution >= 4 is 16.7 Å². The van der Waals surface area contributed by atoms with Gasteiger partial charge in [-0.15, -0.1) is 0 Å². The molecule has 3 aromatic rings. The normalized spacial score (nSPS) is 14.0. The van der Waals surface area contributed by atoms with E-state index >= 15 is 0 Å². The van der Waals surface area contributed by atoms with Gasteiger partial charge in [-0.05, 0) is 47.6 Å². The molecule has 0 saturated carbocycles. The van der Waals surface area contributed by atoms with Crippen molar-refractivity contribution in [1.29, 1.82) is 0 Å². The maximum absolute atomic E-state index is 12.7. The molecule has 4 heteroatoms. The van der Waals surface area contributed by atoms with Crippen LogP contribution in [0.15, 0.2) is 60.7 Å². The lowest BCUT2D eigenvalue weighted by Crippen LogP contribution is -2.35. The summed E-state index contributed by atoms with van der Waals surface area (Å²) in [6.07, 6.45) is 1.34. The first-order chi connectivity index (χ1) is 13.6. The summed E-state index contributed by atoms with van der Waals surface area (Å²) in [5, 5.41) is 5.44. The van der Waals surface area contributed by atoms with Crippen molar-refractivity contribution in [2.75, 3.05) is 27.2 Å². The number of ether oxygens (including phenoxy) is 1. The summed E-state index contributed by atoms with van der Waals surface area (Å²) in [7, 11) is 4.09. The molecule has 0 aromatic heterocycles. The molecule has 4 rings (SSSR count). The Labute approximate surface area is 166 Å². The van der Waals surface area contributed by atoms with Crippen LogP contribution in [0.4, 0.5) is 0 Å². The van der Waals surface area contributed by atoms with Crippen LogP contribution in [0.2, 0.25) is 0 Å². The van der Waals surface area contributed by atoms with Crippen molar-refractivity contribution in [1.82, 2.24) is 10.2 Å². The molecule has 3 aromatic carbocycles. The molecule has 0 radical (unpaired) electrons. The third-order valence-corrected chi connectivity index (χ3v) is 5.45. The second-order valence-corrected chi connectivity index (χ2v) is 7.56. The van der Waals surface area contributed by atoms with Crippen LogP contribution in [0.1, 0.15) is 22.7 Å². The van der Waals surface area contributed by atoms with Crippen LogP contribution < -0.4 is 10.1 Å².